The second-order valence-corrected chi connectivity index (χ2v) is 8.09. The fraction of sp³-hybridized carbons (Fsp3) is 0.261. The van der Waals surface area contributed by atoms with Crippen molar-refractivity contribution in [3.05, 3.63) is 76.3 Å². The number of hydrogen-bond acceptors (Lipinski definition) is 7. The van der Waals surface area contributed by atoms with E-state index in [9.17, 15) is 18.0 Å². The molecule has 1 unspecified atom stereocenters. The molecule has 1 N–H and O–H groups in total. The molecule has 0 radical (unpaired) electrons. The first-order chi connectivity index (χ1) is 16.6. The van der Waals surface area contributed by atoms with Gasteiger partial charge in [-0.2, -0.15) is 18.2 Å². The van der Waals surface area contributed by atoms with Crippen LogP contribution in [-0.2, 0) is 27.1 Å². The van der Waals surface area contributed by atoms with Crippen LogP contribution < -0.4 is 10.1 Å². The number of halogens is 5. The maximum absolute atomic E-state index is 13.5. The number of carbonyl (C=O) groups excluding carboxylic acids is 1. The van der Waals surface area contributed by atoms with Crippen LogP contribution in [0, 0.1) is 0 Å². The number of nitrogens with zero attached hydrogens (tertiary/aromatic N) is 2. The predicted octanol–water partition coefficient (Wildman–Crippen LogP) is 5.66. The summed E-state index contributed by atoms with van der Waals surface area (Å²) < 4.78 is 55.8. The number of alkyl halides is 4. The van der Waals surface area contributed by atoms with Gasteiger partial charge >= 0.3 is 12.1 Å². The van der Waals surface area contributed by atoms with Crippen LogP contribution >= 0.6 is 23.2 Å². The number of nitrogens with one attached hydrogen (secondary N) is 1. The molecule has 1 aliphatic carbocycles. The normalized spacial score (nSPS) is 16.2. The minimum atomic E-state index is -4.75. The number of esters is 1. The number of hydrogen-bond donors (Lipinski definition) is 1. The van der Waals surface area contributed by atoms with E-state index in [2.05, 4.69) is 15.3 Å². The first-order valence-corrected chi connectivity index (χ1v) is 10.9. The van der Waals surface area contributed by atoms with Crippen LogP contribution in [0.4, 0.5) is 19.1 Å². The van der Waals surface area contributed by atoms with Gasteiger partial charge in [0.15, 0.2) is 5.69 Å². The molecule has 12 heteroatoms. The number of benzene rings is 1. The number of aromatic nitrogens is 2. The van der Waals surface area contributed by atoms with Crippen molar-refractivity contribution >= 4 is 40.7 Å². The van der Waals surface area contributed by atoms with Crippen molar-refractivity contribution in [1.82, 2.24) is 9.97 Å². The Morgan fingerprint density at radius 3 is 2.66 bits per heavy atom. The van der Waals surface area contributed by atoms with E-state index in [1.165, 1.54) is 20.5 Å². The van der Waals surface area contributed by atoms with E-state index in [1.54, 1.807) is 36.4 Å². The molecule has 1 aromatic carbocycles. The van der Waals surface area contributed by atoms with Crippen LogP contribution in [0.3, 0.4) is 0 Å². The van der Waals surface area contributed by atoms with E-state index >= 15 is 0 Å². The van der Waals surface area contributed by atoms with Crippen molar-refractivity contribution in [2.45, 2.75) is 24.6 Å². The number of methoxy groups -OCH3 is 2. The molecular formula is C23H20Cl2F3N3O4. The Labute approximate surface area is 209 Å². The van der Waals surface area contributed by atoms with Gasteiger partial charge < -0.3 is 19.5 Å². The lowest BCUT2D eigenvalue weighted by molar-refractivity contribution is -0.141. The molecule has 0 spiro atoms. The smallest absolute Gasteiger partial charge is 0.433 e. The molecule has 0 amide bonds. The summed E-state index contributed by atoms with van der Waals surface area (Å²) >= 11 is 12.1. The van der Waals surface area contributed by atoms with Crippen LogP contribution in [-0.4, -0.2) is 35.5 Å². The summed E-state index contributed by atoms with van der Waals surface area (Å²) in [5, 5.41) is 2.59. The fourth-order valence-corrected chi connectivity index (χ4v) is 3.64. The summed E-state index contributed by atoms with van der Waals surface area (Å²) in [7, 11) is 2.59. The molecule has 1 heterocycles. The SMILES string of the molecule is CO/C=C(/C(=O)OC)c1ccccc1COc1cc(C(F)(F)F)nc(NC2=CCC(Cl)C=C2Cl)n1. The van der Waals surface area contributed by atoms with E-state index in [-0.39, 0.29) is 34.4 Å². The molecule has 1 atom stereocenters. The Morgan fingerprint density at radius 1 is 1.26 bits per heavy atom. The second-order valence-electron chi connectivity index (χ2n) is 7.13. The first-order valence-electron chi connectivity index (χ1n) is 10.1. The highest BCUT2D eigenvalue weighted by molar-refractivity contribution is 6.33. The maximum atomic E-state index is 13.5. The summed E-state index contributed by atoms with van der Waals surface area (Å²) in [6.45, 7) is -0.209. The van der Waals surface area contributed by atoms with Crippen LogP contribution in [0.15, 0.2) is 59.5 Å². The lowest BCUT2D eigenvalue weighted by atomic mass is 10.0. The van der Waals surface area contributed by atoms with Gasteiger partial charge in [0.1, 0.15) is 12.2 Å². The summed E-state index contributed by atoms with van der Waals surface area (Å²) in [5.74, 6) is -1.35. The highest BCUT2D eigenvalue weighted by Crippen LogP contribution is 2.32. The zero-order valence-corrected chi connectivity index (χ0v) is 20.0. The van der Waals surface area contributed by atoms with Gasteiger partial charge in [-0.1, -0.05) is 41.9 Å². The summed E-state index contributed by atoms with van der Waals surface area (Å²) in [6.07, 6.45) is 0.0730. The number of anilines is 1. The Bertz CT molecular complexity index is 1180. The minimum Gasteiger partial charge on any atom is -0.503 e. The largest absolute Gasteiger partial charge is 0.503 e. The maximum Gasteiger partial charge on any atom is 0.433 e. The molecule has 1 aliphatic rings. The zero-order chi connectivity index (χ0) is 25.6. The van der Waals surface area contributed by atoms with Gasteiger partial charge in [0, 0.05) is 6.07 Å². The molecule has 2 aromatic rings. The summed E-state index contributed by atoms with van der Waals surface area (Å²) in [5.41, 5.74) is 0.131. The van der Waals surface area contributed by atoms with Gasteiger partial charge in [-0.15, -0.1) is 11.6 Å². The monoisotopic (exact) mass is 529 g/mol. The lowest BCUT2D eigenvalue weighted by Gasteiger charge is -2.17. The number of ether oxygens (including phenoxy) is 3. The average Bonchev–Trinajstić information content (AvgIpc) is 2.82. The fourth-order valence-electron chi connectivity index (χ4n) is 3.09. The van der Waals surface area contributed by atoms with Crippen molar-refractivity contribution in [3.63, 3.8) is 0 Å². The molecule has 35 heavy (non-hydrogen) atoms. The van der Waals surface area contributed by atoms with Gasteiger partial charge in [-0.05, 0) is 23.6 Å². The Hall–Kier alpha value is -3.24. The molecule has 0 saturated heterocycles. The Kier molecular flexibility index (Phi) is 8.63. The topological polar surface area (TPSA) is 82.6 Å². The molecule has 0 bridgehead atoms. The number of rotatable bonds is 8. The molecule has 7 nitrogen and oxygen atoms in total. The molecule has 0 saturated carbocycles. The average molecular weight is 530 g/mol. The van der Waals surface area contributed by atoms with Crippen LogP contribution in [0.1, 0.15) is 23.2 Å². The summed E-state index contributed by atoms with van der Waals surface area (Å²) in [6, 6.07) is 7.32. The minimum absolute atomic E-state index is 0.110. The zero-order valence-electron chi connectivity index (χ0n) is 18.5. The second kappa shape index (κ2) is 11.5. The number of carbonyl (C=O) groups is 1. The molecule has 0 aliphatic heterocycles. The van der Waals surface area contributed by atoms with E-state index in [0.717, 1.165) is 0 Å². The van der Waals surface area contributed by atoms with Gasteiger partial charge in [-0.3, -0.25) is 0 Å². The lowest BCUT2D eigenvalue weighted by Crippen LogP contribution is -2.15. The van der Waals surface area contributed by atoms with E-state index in [0.29, 0.717) is 29.3 Å². The predicted molar refractivity (Wildman–Crippen MR) is 125 cm³/mol. The van der Waals surface area contributed by atoms with Gasteiger partial charge in [0.2, 0.25) is 11.8 Å². The Morgan fingerprint density at radius 2 is 2.00 bits per heavy atom. The van der Waals surface area contributed by atoms with Crippen molar-refractivity contribution in [3.8, 4) is 5.88 Å². The third kappa shape index (κ3) is 6.89. The van der Waals surface area contributed by atoms with Crippen molar-refractivity contribution in [2.24, 2.45) is 0 Å². The third-order valence-corrected chi connectivity index (χ3v) is 5.33. The molecule has 3 rings (SSSR count). The van der Waals surface area contributed by atoms with Crippen LogP contribution in [0.5, 0.6) is 5.88 Å². The Balaban J connectivity index is 1.90. The highest BCUT2D eigenvalue weighted by Gasteiger charge is 2.34. The molecule has 186 valence electrons. The summed E-state index contributed by atoms with van der Waals surface area (Å²) in [4.78, 5) is 19.7. The van der Waals surface area contributed by atoms with E-state index < -0.39 is 17.8 Å². The quantitative estimate of drug-likeness (QED) is 0.204. The van der Waals surface area contributed by atoms with Crippen LogP contribution in [0.25, 0.3) is 5.57 Å². The highest BCUT2D eigenvalue weighted by atomic mass is 35.5. The van der Waals surface area contributed by atoms with Crippen molar-refractivity contribution in [2.75, 3.05) is 19.5 Å². The van der Waals surface area contributed by atoms with Gasteiger partial charge in [0.25, 0.3) is 0 Å². The van der Waals surface area contributed by atoms with Crippen molar-refractivity contribution in [1.29, 1.82) is 0 Å². The van der Waals surface area contributed by atoms with Gasteiger partial charge in [0.05, 0.1) is 36.6 Å². The van der Waals surface area contributed by atoms with Gasteiger partial charge in [-0.25, -0.2) is 9.78 Å². The van der Waals surface area contributed by atoms with Crippen LogP contribution in [0.2, 0.25) is 0 Å². The van der Waals surface area contributed by atoms with E-state index in [1.807, 2.05) is 0 Å². The van der Waals surface area contributed by atoms with E-state index in [4.69, 9.17) is 37.4 Å². The van der Waals surface area contributed by atoms with Crippen molar-refractivity contribution < 1.29 is 32.2 Å². The standard InChI is InChI=1S/C23H20Cl2F3N3O4/c1-33-12-16(21(32)34-2)15-6-4-3-5-13(15)11-35-20-10-19(23(26,27)28)30-22(31-20)29-18-8-7-14(24)9-17(18)25/h3-6,8-10,12,14H,7,11H2,1-2H3,(H,29,30,31)/b16-12+. The molecule has 0 fully saturated rings. The number of allylic oxidation sites excluding steroid dienone is 3. The molecular weight excluding hydrogens is 510 g/mol. The third-order valence-electron chi connectivity index (χ3n) is 4.70. The first kappa shape index (κ1) is 26.4. The molecule has 1 aromatic heterocycles.